The average molecular weight is 449 g/mol. The number of nitrogens with zero attached hydrogens (tertiary/aromatic N) is 2. The highest BCUT2D eigenvalue weighted by Crippen LogP contribution is 2.34. The van der Waals surface area contributed by atoms with Crippen LogP contribution in [0.4, 0.5) is 4.39 Å². The van der Waals surface area contributed by atoms with Crippen LogP contribution in [0.15, 0.2) is 35.7 Å². The van der Waals surface area contributed by atoms with Gasteiger partial charge in [-0.2, -0.15) is 0 Å². The molecule has 2 aromatic rings. The van der Waals surface area contributed by atoms with Crippen molar-refractivity contribution in [3.8, 4) is 5.75 Å². The number of benzene rings is 1. The van der Waals surface area contributed by atoms with Crippen molar-refractivity contribution in [3.63, 3.8) is 0 Å². The third kappa shape index (κ3) is 5.62. The number of rotatable bonds is 9. The standard InChI is InChI=1S/C23H29FN2O4S/c1-4-16(2)26(23(28)15-29-3)13-22(27)25-11-9-21-19(10-12-31-21)20(25)14-30-18-7-5-17(24)6-8-18/h5-8,10,12,16,20H,4,9,11,13-15H2,1-3H3/t16-,20-/m0/s1. The van der Waals surface area contributed by atoms with Gasteiger partial charge in [0.25, 0.3) is 0 Å². The maximum atomic E-state index is 13.3. The van der Waals surface area contributed by atoms with E-state index in [2.05, 4.69) is 0 Å². The second-order valence-corrected chi connectivity index (χ2v) is 8.63. The molecule has 1 aliphatic rings. The molecule has 2 amide bonds. The van der Waals surface area contributed by atoms with E-state index < -0.39 is 0 Å². The maximum absolute atomic E-state index is 13.3. The van der Waals surface area contributed by atoms with E-state index in [4.69, 9.17) is 9.47 Å². The summed E-state index contributed by atoms with van der Waals surface area (Å²) < 4.78 is 24.1. The maximum Gasteiger partial charge on any atom is 0.249 e. The van der Waals surface area contributed by atoms with Crippen molar-refractivity contribution >= 4 is 23.2 Å². The topological polar surface area (TPSA) is 59.1 Å². The number of hydrogen-bond acceptors (Lipinski definition) is 5. The average Bonchev–Trinajstić information content (AvgIpc) is 3.25. The SMILES string of the molecule is CC[C@H](C)N(CC(=O)N1CCc2sccc2[C@@H]1COc1ccc(F)cc1)C(=O)COC. The molecule has 0 radical (unpaired) electrons. The fourth-order valence-corrected chi connectivity index (χ4v) is 4.66. The van der Waals surface area contributed by atoms with Crippen molar-refractivity contribution in [2.75, 3.05) is 33.4 Å². The van der Waals surface area contributed by atoms with Crippen LogP contribution in [0.25, 0.3) is 0 Å². The Labute approximate surface area is 186 Å². The third-order valence-electron chi connectivity index (χ3n) is 5.65. The molecule has 0 fully saturated rings. The summed E-state index contributed by atoms with van der Waals surface area (Å²) in [5.41, 5.74) is 1.07. The molecule has 2 heterocycles. The summed E-state index contributed by atoms with van der Waals surface area (Å²) in [6.07, 6.45) is 1.52. The van der Waals surface area contributed by atoms with Crippen LogP contribution in [0.2, 0.25) is 0 Å². The number of ether oxygens (including phenoxy) is 2. The van der Waals surface area contributed by atoms with Crippen molar-refractivity contribution in [2.45, 2.75) is 38.8 Å². The van der Waals surface area contributed by atoms with Crippen molar-refractivity contribution in [3.05, 3.63) is 52.0 Å². The Morgan fingerprint density at radius 2 is 2.03 bits per heavy atom. The van der Waals surface area contributed by atoms with Gasteiger partial charge >= 0.3 is 0 Å². The summed E-state index contributed by atoms with van der Waals surface area (Å²) in [5.74, 6) is -0.0905. The van der Waals surface area contributed by atoms with Gasteiger partial charge in [0.05, 0.1) is 6.04 Å². The van der Waals surface area contributed by atoms with E-state index in [9.17, 15) is 14.0 Å². The summed E-state index contributed by atoms with van der Waals surface area (Å²) in [6.45, 7) is 4.70. The number of carbonyl (C=O) groups is 2. The minimum Gasteiger partial charge on any atom is -0.491 e. The lowest BCUT2D eigenvalue weighted by Gasteiger charge is -2.38. The van der Waals surface area contributed by atoms with Gasteiger partial charge in [-0.15, -0.1) is 11.3 Å². The molecule has 0 bridgehead atoms. The van der Waals surface area contributed by atoms with Gasteiger partial charge in [0.15, 0.2) is 0 Å². The number of thiophene rings is 1. The fourth-order valence-electron chi connectivity index (χ4n) is 3.73. The van der Waals surface area contributed by atoms with Crippen molar-refractivity contribution in [2.24, 2.45) is 0 Å². The van der Waals surface area contributed by atoms with E-state index in [1.54, 1.807) is 33.3 Å². The van der Waals surface area contributed by atoms with Gasteiger partial charge in [0.2, 0.25) is 11.8 Å². The van der Waals surface area contributed by atoms with Gasteiger partial charge in [-0.05, 0) is 61.0 Å². The lowest BCUT2D eigenvalue weighted by molar-refractivity contribution is -0.146. The zero-order chi connectivity index (χ0) is 22.4. The molecule has 31 heavy (non-hydrogen) atoms. The summed E-state index contributed by atoms with van der Waals surface area (Å²) in [4.78, 5) is 30.5. The zero-order valence-corrected chi connectivity index (χ0v) is 19.0. The summed E-state index contributed by atoms with van der Waals surface area (Å²) in [7, 11) is 1.47. The Balaban J connectivity index is 1.77. The van der Waals surface area contributed by atoms with Crippen LogP contribution in [0.5, 0.6) is 5.75 Å². The van der Waals surface area contributed by atoms with Crippen LogP contribution in [0, 0.1) is 5.82 Å². The molecule has 1 aromatic carbocycles. The molecule has 0 saturated heterocycles. The molecule has 0 unspecified atom stereocenters. The van der Waals surface area contributed by atoms with E-state index in [0.717, 1.165) is 18.4 Å². The molecule has 1 aliphatic heterocycles. The van der Waals surface area contributed by atoms with Crippen LogP contribution in [0.1, 0.15) is 36.8 Å². The molecule has 0 N–H and O–H groups in total. The van der Waals surface area contributed by atoms with Crippen molar-refractivity contribution < 1.29 is 23.5 Å². The monoisotopic (exact) mass is 448 g/mol. The molecule has 0 spiro atoms. The first kappa shape index (κ1) is 23.2. The normalized spacial score (nSPS) is 16.5. The summed E-state index contributed by atoms with van der Waals surface area (Å²) in [5, 5.41) is 2.02. The minimum atomic E-state index is -0.326. The number of hydrogen-bond donors (Lipinski definition) is 0. The van der Waals surface area contributed by atoms with E-state index in [1.165, 1.54) is 24.1 Å². The van der Waals surface area contributed by atoms with E-state index >= 15 is 0 Å². The highest BCUT2D eigenvalue weighted by Gasteiger charge is 2.34. The lowest BCUT2D eigenvalue weighted by atomic mass is 10.00. The molecule has 0 saturated carbocycles. The first-order valence-electron chi connectivity index (χ1n) is 10.5. The van der Waals surface area contributed by atoms with E-state index in [1.807, 2.05) is 25.3 Å². The van der Waals surface area contributed by atoms with E-state index in [-0.39, 0.29) is 49.5 Å². The van der Waals surface area contributed by atoms with Gasteiger partial charge in [-0.3, -0.25) is 9.59 Å². The number of fused-ring (bicyclic) bond motifs is 1. The summed E-state index contributed by atoms with van der Waals surface area (Å²) in [6, 6.07) is 7.55. The molecule has 2 atom stereocenters. The summed E-state index contributed by atoms with van der Waals surface area (Å²) >= 11 is 1.68. The largest absolute Gasteiger partial charge is 0.491 e. The number of halogens is 1. The van der Waals surface area contributed by atoms with Crippen molar-refractivity contribution in [1.29, 1.82) is 0 Å². The zero-order valence-electron chi connectivity index (χ0n) is 18.2. The van der Waals surface area contributed by atoms with E-state index in [0.29, 0.717) is 12.3 Å². The van der Waals surface area contributed by atoms with Gasteiger partial charge in [-0.25, -0.2) is 4.39 Å². The first-order valence-corrected chi connectivity index (χ1v) is 11.3. The highest BCUT2D eigenvalue weighted by atomic mass is 32.1. The van der Waals surface area contributed by atoms with Gasteiger partial charge in [-0.1, -0.05) is 6.92 Å². The molecule has 0 aliphatic carbocycles. The first-order chi connectivity index (χ1) is 14.9. The van der Waals surface area contributed by atoms with Gasteiger partial charge in [0.1, 0.15) is 31.3 Å². The van der Waals surface area contributed by atoms with Gasteiger partial charge < -0.3 is 19.3 Å². The third-order valence-corrected chi connectivity index (χ3v) is 6.65. The molecule has 1 aromatic heterocycles. The van der Waals surface area contributed by atoms with Crippen LogP contribution in [-0.2, 0) is 20.7 Å². The van der Waals surface area contributed by atoms with Crippen molar-refractivity contribution in [1.82, 2.24) is 9.80 Å². The lowest BCUT2D eigenvalue weighted by Crippen LogP contribution is -2.50. The molecule has 168 valence electrons. The predicted molar refractivity (Wildman–Crippen MR) is 118 cm³/mol. The Kier molecular flexibility index (Phi) is 8.03. The Morgan fingerprint density at radius 1 is 1.29 bits per heavy atom. The Hall–Kier alpha value is -2.45. The van der Waals surface area contributed by atoms with Crippen LogP contribution in [0.3, 0.4) is 0 Å². The number of amides is 2. The van der Waals surface area contributed by atoms with Gasteiger partial charge in [0, 0.05) is 24.6 Å². The number of methoxy groups -OCH3 is 1. The molecule has 8 heteroatoms. The molecular formula is C23H29FN2O4S. The highest BCUT2D eigenvalue weighted by molar-refractivity contribution is 7.10. The quantitative estimate of drug-likeness (QED) is 0.587. The Morgan fingerprint density at radius 3 is 2.71 bits per heavy atom. The van der Waals surface area contributed by atoms with Crippen LogP contribution >= 0.6 is 11.3 Å². The predicted octanol–water partition coefficient (Wildman–Crippen LogP) is 3.67. The second kappa shape index (κ2) is 10.7. The van der Waals surface area contributed by atoms with Crippen LogP contribution < -0.4 is 4.74 Å². The molecular weight excluding hydrogens is 419 g/mol. The molecule has 6 nitrogen and oxygen atoms in total. The second-order valence-electron chi connectivity index (χ2n) is 7.63. The van der Waals surface area contributed by atoms with Crippen LogP contribution in [-0.4, -0.2) is 61.1 Å². The Bertz CT molecular complexity index is 886. The minimum absolute atomic E-state index is 0.00369. The fraction of sp³-hybridized carbons (Fsp3) is 0.478. The number of carbonyl (C=O) groups excluding carboxylic acids is 2. The smallest absolute Gasteiger partial charge is 0.249 e. The molecule has 3 rings (SSSR count).